The summed E-state index contributed by atoms with van der Waals surface area (Å²) in [6.45, 7) is 1.21. The summed E-state index contributed by atoms with van der Waals surface area (Å²) in [5.41, 5.74) is 0. The number of hydrogen-bond donors (Lipinski definition) is 1. The van der Waals surface area contributed by atoms with Crippen LogP contribution in [-0.2, 0) is 19.6 Å². The van der Waals surface area contributed by atoms with Gasteiger partial charge in [-0.2, -0.15) is 4.31 Å². The minimum atomic E-state index is -3.67. The van der Waals surface area contributed by atoms with E-state index in [0.717, 1.165) is 0 Å². The first-order valence-corrected chi connectivity index (χ1v) is 9.01. The lowest BCUT2D eigenvalue weighted by Gasteiger charge is -2.33. The number of piperazine rings is 1. The first-order valence-electron chi connectivity index (χ1n) is 7.19. The molecule has 0 bridgehead atoms. The number of benzene rings is 1. The topological polar surface area (TPSA) is 96.0 Å². The van der Waals surface area contributed by atoms with Crippen LogP contribution in [0.4, 0.5) is 4.79 Å². The normalized spacial score (nSPS) is 16.6. The second-order valence-corrected chi connectivity index (χ2v) is 7.46. The number of rotatable bonds is 4. The van der Waals surface area contributed by atoms with E-state index in [-0.39, 0.29) is 29.6 Å². The highest BCUT2D eigenvalue weighted by Gasteiger charge is 2.30. The average Bonchev–Trinajstić information content (AvgIpc) is 2.55. The number of amides is 2. The highest BCUT2D eigenvalue weighted by molar-refractivity contribution is 7.89. The van der Waals surface area contributed by atoms with Crippen LogP contribution in [0.5, 0.6) is 0 Å². The van der Waals surface area contributed by atoms with Gasteiger partial charge in [-0.15, -0.1) is 0 Å². The summed E-state index contributed by atoms with van der Waals surface area (Å²) in [5.74, 6) is -0.496. The van der Waals surface area contributed by atoms with Crippen molar-refractivity contribution in [1.82, 2.24) is 14.5 Å². The highest BCUT2D eigenvalue weighted by Crippen LogP contribution is 2.24. The van der Waals surface area contributed by atoms with Crippen molar-refractivity contribution in [2.45, 2.75) is 4.90 Å². The molecule has 0 atom stereocenters. The maximum Gasteiger partial charge on any atom is 0.413 e. The summed E-state index contributed by atoms with van der Waals surface area (Å²) in [6.07, 6.45) is -0.820. The van der Waals surface area contributed by atoms with Crippen LogP contribution in [-0.4, -0.2) is 69.5 Å². The van der Waals surface area contributed by atoms with E-state index in [2.05, 4.69) is 10.1 Å². The van der Waals surface area contributed by atoms with Crippen LogP contribution in [0.15, 0.2) is 29.2 Å². The Morgan fingerprint density at radius 3 is 2.42 bits per heavy atom. The molecule has 24 heavy (non-hydrogen) atoms. The third kappa shape index (κ3) is 4.44. The van der Waals surface area contributed by atoms with Crippen LogP contribution < -0.4 is 5.32 Å². The molecular weight excluding hydrogens is 358 g/mol. The molecule has 132 valence electrons. The van der Waals surface area contributed by atoms with Crippen molar-refractivity contribution < 1.29 is 22.7 Å². The quantitative estimate of drug-likeness (QED) is 0.824. The first kappa shape index (κ1) is 18.7. The van der Waals surface area contributed by atoms with Crippen LogP contribution in [0.25, 0.3) is 0 Å². The molecule has 1 aliphatic rings. The third-order valence-electron chi connectivity index (χ3n) is 3.58. The lowest BCUT2D eigenvalue weighted by atomic mass is 10.3. The van der Waals surface area contributed by atoms with Crippen LogP contribution in [0.1, 0.15) is 0 Å². The van der Waals surface area contributed by atoms with Gasteiger partial charge in [-0.25, -0.2) is 13.2 Å². The van der Waals surface area contributed by atoms with E-state index in [4.69, 9.17) is 11.6 Å². The summed E-state index contributed by atoms with van der Waals surface area (Å²) < 4.78 is 30.9. The fraction of sp³-hybridized carbons (Fsp3) is 0.429. The fourth-order valence-corrected chi connectivity index (χ4v) is 4.24. The van der Waals surface area contributed by atoms with Crippen LogP contribution in [0.3, 0.4) is 0 Å². The Morgan fingerprint density at radius 2 is 1.83 bits per heavy atom. The molecule has 0 aromatic heterocycles. The number of ether oxygens (including phenoxy) is 1. The third-order valence-corrected chi connectivity index (χ3v) is 5.98. The van der Waals surface area contributed by atoms with Gasteiger partial charge < -0.3 is 4.74 Å². The molecule has 10 heteroatoms. The molecule has 0 unspecified atom stereocenters. The van der Waals surface area contributed by atoms with Crippen molar-refractivity contribution in [3.8, 4) is 0 Å². The molecule has 0 spiro atoms. The number of nitrogens with one attached hydrogen (secondary N) is 1. The van der Waals surface area contributed by atoms with E-state index in [1.54, 1.807) is 17.0 Å². The fourth-order valence-electron chi connectivity index (χ4n) is 2.33. The Labute approximate surface area is 145 Å². The molecule has 0 saturated carbocycles. The van der Waals surface area contributed by atoms with E-state index in [1.807, 2.05) is 0 Å². The van der Waals surface area contributed by atoms with Crippen molar-refractivity contribution in [2.75, 3.05) is 39.8 Å². The highest BCUT2D eigenvalue weighted by atomic mass is 35.5. The van der Waals surface area contributed by atoms with Gasteiger partial charge in [-0.1, -0.05) is 23.7 Å². The van der Waals surface area contributed by atoms with Crippen molar-refractivity contribution >= 4 is 33.6 Å². The standard InChI is InChI=1S/C14H18ClN3O5S/c1-23-14(20)16-13(19)10-17-6-8-18(9-7-17)24(21,22)12-5-3-2-4-11(12)15/h2-5H,6-10H2,1H3,(H,16,19,20). The number of halogens is 1. The minimum Gasteiger partial charge on any atom is -0.453 e. The lowest BCUT2D eigenvalue weighted by Crippen LogP contribution is -2.51. The van der Waals surface area contributed by atoms with Crippen molar-refractivity contribution in [1.29, 1.82) is 0 Å². The summed E-state index contributed by atoms with van der Waals surface area (Å²) in [5, 5.41) is 2.24. The zero-order valence-electron chi connectivity index (χ0n) is 13.1. The van der Waals surface area contributed by atoms with Gasteiger partial charge in [0.2, 0.25) is 15.9 Å². The summed E-state index contributed by atoms with van der Waals surface area (Å²) in [6, 6.07) is 6.28. The number of carbonyl (C=O) groups excluding carboxylic acids is 2. The van der Waals surface area contributed by atoms with Crippen LogP contribution >= 0.6 is 11.6 Å². The number of methoxy groups -OCH3 is 1. The van der Waals surface area contributed by atoms with E-state index < -0.39 is 22.0 Å². The zero-order chi connectivity index (χ0) is 17.7. The Bertz CT molecular complexity index is 717. The number of sulfonamides is 1. The molecule has 1 saturated heterocycles. The number of imide groups is 1. The smallest absolute Gasteiger partial charge is 0.413 e. The summed E-state index contributed by atoms with van der Waals surface area (Å²) in [4.78, 5) is 24.4. The Morgan fingerprint density at radius 1 is 1.21 bits per heavy atom. The SMILES string of the molecule is COC(=O)NC(=O)CN1CCN(S(=O)(=O)c2ccccc2Cl)CC1. The molecule has 1 heterocycles. The van der Waals surface area contributed by atoms with Crippen LogP contribution in [0.2, 0.25) is 5.02 Å². The van der Waals surface area contributed by atoms with Crippen molar-refractivity contribution in [3.05, 3.63) is 29.3 Å². The summed E-state index contributed by atoms with van der Waals surface area (Å²) >= 11 is 5.97. The predicted octanol–water partition coefficient (Wildman–Crippen LogP) is 0.529. The zero-order valence-corrected chi connectivity index (χ0v) is 14.6. The number of carbonyl (C=O) groups is 2. The van der Waals surface area contributed by atoms with Gasteiger partial charge in [0.1, 0.15) is 4.90 Å². The van der Waals surface area contributed by atoms with Gasteiger partial charge in [0.05, 0.1) is 18.7 Å². The molecule has 8 nitrogen and oxygen atoms in total. The Hall–Kier alpha value is -1.68. The molecule has 1 aromatic carbocycles. The second kappa shape index (κ2) is 7.93. The largest absolute Gasteiger partial charge is 0.453 e. The molecule has 1 aromatic rings. The number of alkyl carbamates (subject to hydrolysis) is 1. The van der Waals surface area contributed by atoms with Gasteiger partial charge in [0, 0.05) is 26.2 Å². The van der Waals surface area contributed by atoms with Gasteiger partial charge >= 0.3 is 6.09 Å². The number of nitrogens with zero attached hydrogens (tertiary/aromatic N) is 2. The van der Waals surface area contributed by atoms with Gasteiger partial charge in [-0.05, 0) is 12.1 Å². The maximum atomic E-state index is 12.6. The Kier molecular flexibility index (Phi) is 6.16. The monoisotopic (exact) mass is 375 g/mol. The number of hydrogen-bond acceptors (Lipinski definition) is 6. The minimum absolute atomic E-state index is 0.00488. The Balaban J connectivity index is 1.94. The van der Waals surface area contributed by atoms with E-state index in [0.29, 0.717) is 13.1 Å². The molecule has 1 aliphatic heterocycles. The van der Waals surface area contributed by atoms with Gasteiger partial charge in [-0.3, -0.25) is 15.0 Å². The van der Waals surface area contributed by atoms with E-state index >= 15 is 0 Å². The molecular formula is C14H18ClN3O5S. The molecule has 0 aliphatic carbocycles. The molecule has 2 rings (SSSR count). The average molecular weight is 376 g/mol. The first-order chi connectivity index (χ1) is 11.3. The molecule has 1 N–H and O–H groups in total. The van der Waals surface area contributed by atoms with Crippen LogP contribution in [0, 0.1) is 0 Å². The van der Waals surface area contributed by atoms with Crippen molar-refractivity contribution in [3.63, 3.8) is 0 Å². The van der Waals surface area contributed by atoms with E-state index in [1.165, 1.54) is 23.5 Å². The molecule has 0 radical (unpaired) electrons. The van der Waals surface area contributed by atoms with E-state index in [9.17, 15) is 18.0 Å². The summed E-state index contributed by atoms with van der Waals surface area (Å²) in [7, 11) is -2.50. The lowest BCUT2D eigenvalue weighted by molar-refractivity contribution is -0.121. The second-order valence-electron chi connectivity index (χ2n) is 5.15. The predicted molar refractivity (Wildman–Crippen MR) is 87.2 cm³/mol. The van der Waals surface area contributed by atoms with Gasteiger partial charge in [0.25, 0.3) is 0 Å². The van der Waals surface area contributed by atoms with Crippen molar-refractivity contribution in [2.24, 2.45) is 0 Å². The van der Waals surface area contributed by atoms with Gasteiger partial charge in [0.15, 0.2) is 0 Å². The molecule has 2 amide bonds. The maximum absolute atomic E-state index is 12.6. The molecule has 1 fully saturated rings.